The summed E-state index contributed by atoms with van der Waals surface area (Å²) in [7, 11) is 0. The highest BCUT2D eigenvalue weighted by Crippen LogP contribution is 2.31. The van der Waals surface area contributed by atoms with E-state index in [0.717, 1.165) is 27.9 Å². The second-order valence-corrected chi connectivity index (χ2v) is 6.58. The Morgan fingerprint density at radius 1 is 1.22 bits per heavy atom. The third kappa shape index (κ3) is 3.67. The Hall–Kier alpha value is -2.02. The van der Waals surface area contributed by atoms with Gasteiger partial charge in [-0.2, -0.15) is 0 Å². The molecule has 23 heavy (non-hydrogen) atoms. The molecule has 2 aromatic heterocycles. The van der Waals surface area contributed by atoms with Gasteiger partial charge in [0.25, 0.3) is 5.91 Å². The highest BCUT2D eigenvalue weighted by atomic mass is 32.1. The van der Waals surface area contributed by atoms with Gasteiger partial charge in [0.15, 0.2) is 0 Å². The van der Waals surface area contributed by atoms with Gasteiger partial charge in [0.1, 0.15) is 16.7 Å². The van der Waals surface area contributed by atoms with E-state index in [9.17, 15) is 9.59 Å². The summed E-state index contributed by atoms with van der Waals surface area (Å²) in [6.45, 7) is 9.91. The topological polar surface area (TPSA) is 84.0 Å². The van der Waals surface area contributed by atoms with Crippen LogP contribution in [0.1, 0.15) is 47.0 Å². The van der Waals surface area contributed by atoms with E-state index in [2.05, 4.69) is 20.6 Å². The molecule has 2 heterocycles. The molecule has 1 unspecified atom stereocenters. The number of rotatable bonds is 5. The lowest BCUT2D eigenvalue weighted by Gasteiger charge is -2.13. The van der Waals surface area contributed by atoms with E-state index >= 15 is 0 Å². The number of hydrogen-bond acceptors (Lipinski definition) is 5. The van der Waals surface area contributed by atoms with E-state index in [4.69, 9.17) is 0 Å². The summed E-state index contributed by atoms with van der Waals surface area (Å²) < 4.78 is 0. The number of amides is 2. The van der Waals surface area contributed by atoms with Gasteiger partial charge in [0.2, 0.25) is 5.91 Å². The van der Waals surface area contributed by atoms with Gasteiger partial charge in [-0.15, -0.1) is 11.3 Å². The minimum atomic E-state index is -0.576. The van der Waals surface area contributed by atoms with Gasteiger partial charge in [0, 0.05) is 17.6 Å². The minimum absolute atomic E-state index is 0.175. The first kappa shape index (κ1) is 17.3. The van der Waals surface area contributed by atoms with Crippen molar-refractivity contribution in [3.8, 4) is 0 Å². The Kier molecular flexibility index (Phi) is 5.30. The van der Waals surface area contributed by atoms with Crippen LogP contribution in [0.15, 0.2) is 0 Å². The van der Waals surface area contributed by atoms with Crippen molar-refractivity contribution in [3.63, 3.8) is 0 Å². The van der Waals surface area contributed by atoms with Gasteiger partial charge in [-0.3, -0.25) is 9.59 Å². The maximum atomic E-state index is 12.5. The van der Waals surface area contributed by atoms with Crippen LogP contribution >= 0.6 is 11.3 Å². The normalized spacial score (nSPS) is 12.2. The van der Waals surface area contributed by atoms with Crippen LogP contribution in [-0.2, 0) is 4.79 Å². The Balaban J connectivity index is 2.23. The summed E-state index contributed by atoms with van der Waals surface area (Å²) >= 11 is 1.34. The zero-order valence-electron chi connectivity index (χ0n) is 14.1. The summed E-state index contributed by atoms with van der Waals surface area (Å²) in [6.07, 6.45) is 0.860. The molecule has 6 nitrogen and oxygen atoms in total. The highest BCUT2D eigenvalue weighted by molar-refractivity contribution is 7.20. The Morgan fingerprint density at radius 2 is 1.91 bits per heavy atom. The Morgan fingerprint density at radius 3 is 2.57 bits per heavy atom. The highest BCUT2D eigenvalue weighted by Gasteiger charge is 2.22. The number of nitrogens with one attached hydrogen (secondary N) is 2. The van der Waals surface area contributed by atoms with Crippen molar-refractivity contribution in [2.24, 2.45) is 0 Å². The maximum Gasteiger partial charge on any atom is 0.262 e. The van der Waals surface area contributed by atoms with Gasteiger partial charge < -0.3 is 10.6 Å². The fourth-order valence-corrected chi connectivity index (χ4v) is 3.60. The van der Waals surface area contributed by atoms with E-state index in [-0.39, 0.29) is 11.8 Å². The average molecular weight is 334 g/mol. The number of carbonyl (C=O) groups excluding carboxylic acids is 2. The van der Waals surface area contributed by atoms with Crippen molar-refractivity contribution in [1.29, 1.82) is 0 Å². The van der Waals surface area contributed by atoms with Crippen molar-refractivity contribution < 1.29 is 9.59 Å². The molecule has 0 spiro atoms. The van der Waals surface area contributed by atoms with Crippen LogP contribution in [0.2, 0.25) is 0 Å². The largest absolute Gasteiger partial charge is 0.354 e. The molecule has 0 aliphatic heterocycles. The zero-order chi connectivity index (χ0) is 17.1. The van der Waals surface area contributed by atoms with Crippen molar-refractivity contribution in [2.75, 3.05) is 6.54 Å². The van der Waals surface area contributed by atoms with Crippen molar-refractivity contribution in [1.82, 2.24) is 20.6 Å². The Bertz CT molecular complexity index is 754. The first-order valence-corrected chi connectivity index (χ1v) is 8.49. The SMILES string of the molecule is CCCNC(=O)C(C)NC(=O)c1sc2nc(C)nc(C)c2c1C. The predicted octanol–water partition coefficient (Wildman–Crippen LogP) is 2.26. The average Bonchev–Trinajstić information content (AvgIpc) is 2.81. The van der Waals surface area contributed by atoms with Gasteiger partial charge >= 0.3 is 0 Å². The van der Waals surface area contributed by atoms with E-state index in [0.29, 0.717) is 17.2 Å². The molecular formula is C16H22N4O2S. The number of fused-ring (bicyclic) bond motifs is 1. The summed E-state index contributed by atoms with van der Waals surface area (Å²) in [5.41, 5.74) is 1.73. The maximum absolute atomic E-state index is 12.5. The van der Waals surface area contributed by atoms with E-state index < -0.39 is 6.04 Å². The molecule has 2 aromatic rings. The monoisotopic (exact) mass is 334 g/mol. The van der Waals surface area contributed by atoms with Gasteiger partial charge in [-0.25, -0.2) is 9.97 Å². The third-order valence-corrected chi connectivity index (χ3v) is 4.76. The lowest BCUT2D eigenvalue weighted by Crippen LogP contribution is -2.44. The number of nitrogens with zero attached hydrogens (tertiary/aromatic N) is 2. The quantitative estimate of drug-likeness (QED) is 0.878. The molecule has 7 heteroatoms. The number of thiophene rings is 1. The second kappa shape index (κ2) is 7.04. The molecule has 0 bridgehead atoms. The molecule has 0 fully saturated rings. The molecule has 0 aliphatic rings. The lowest BCUT2D eigenvalue weighted by atomic mass is 10.1. The summed E-state index contributed by atoms with van der Waals surface area (Å²) in [4.78, 5) is 34.5. The van der Waals surface area contributed by atoms with Crippen molar-refractivity contribution in [2.45, 2.75) is 47.1 Å². The van der Waals surface area contributed by atoms with Crippen LogP contribution in [0.5, 0.6) is 0 Å². The van der Waals surface area contributed by atoms with Crippen LogP contribution in [0.4, 0.5) is 0 Å². The van der Waals surface area contributed by atoms with Crippen LogP contribution in [-0.4, -0.2) is 34.4 Å². The van der Waals surface area contributed by atoms with E-state index in [1.54, 1.807) is 6.92 Å². The number of hydrogen-bond donors (Lipinski definition) is 2. The minimum Gasteiger partial charge on any atom is -0.354 e. The predicted molar refractivity (Wildman–Crippen MR) is 91.9 cm³/mol. The molecule has 2 amide bonds. The molecule has 0 aliphatic carbocycles. The molecule has 2 rings (SSSR count). The number of aryl methyl sites for hydroxylation is 3. The first-order chi connectivity index (χ1) is 10.8. The van der Waals surface area contributed by atoms with Crippen molar-refractivity contribution in [3.05, 3.63) is 22.0 Å². The smallest absolute Gasteiger partial charge is 0.262 e. The molecule has 0 radical (unpaired) electrons. The standard InChI is InChI=1S/C16H22N4O2S/c1-6-7-17-14(21)10(4)19-15(22)13-8(2)12-9(3)18-11(5)20-16(12)23-13/h10H,6-7H2,1-5H3,(H,17,21)(H,19,22). The fourth-order valence-electron chi connectivity index (χ4n) is 2.42. The molecule has 2 N–H and O–H groups in total. The van der Waals surface area contributed by atoms with Crippen LogP contribution in [0, 0.1) is 20.8 Å². The fraction of sp³-hybridized carbons (Fsp3) is 0.500. The van der Waals surface area contributed by atoms with Crippen LogP contribution in [0.25, 0.3) is 10.2 Å². The lowest BCUT2D eigenvalue weighted by molar-refractivity contribution is -0.122. The first-order valence-electron chi connectivity index (χ1n) is 7.68. The molecule has 0 saturated heterocycles. The van der Waals surface area contributed by atoms with Gasteiger partial charge in [-0.1, -0.05) is 6.92 Å². The number of carbonyl (C=O) groups is 2. The molecule has 0 saturated carbocycles. The van der Waals surface area contributed by atoms with Gasteiger partial charge in [-0.05, 0) is 39.7 Å². The van der Waals surface area contributed by atoms with Crippen molar-refractivity contribution >= 4 is 33.4 Å². The molecule has 1 atom stereocenters. The van der Waals surface area contributed by atoms with Crippen LogP contribution in [0.3, 0.4) is 0 Å². The molecule has 124 valence electrons. The summed E-state index contributed by atoms with van der Waals surface area (Å²) in [5.74, 6) is 0.267. The summed E-state index contributed by atoms with van der Waals surface area (Å²) in [5, 5.41) is 6.45. The molecular weight excluding hydrogens is 312 g/mol. The van der Waals surface area contributed by atoms with Crippen LogP contribution < -0.4 is 10.6 Å². The zero-order valence-corrected chi connectivity index (χ0v) is 14.9. The van der Waals surface area contributed by atoms with Gasteiger partial charge in [0.05, 0.1) is 4.88 Å². The second-order valence-electron chi connectivity index (χ2n) is 5.58. The summed E-state index contributed by atoms with van der Waals surface area (Å²) in [6, 6.07) is -0.576. The Labute approximate surface area is 139 Å². The van der Waals surface area contributed by atoms with E-state index in [1.807, 2.05) is 27.7 Å². The third-order valence-electron chi connectivity index (χ3n) is 3.58. The van der Waals surface area contributed by atoms with E-state index in [1.165, 1.54) is 11.3 Å². The number of aromatic nitrogens is 2. The molecule has 0 aromatic carbocycles.